The molecule has 0 atom stereocenters. The Morgan fingerprint density at radius 2 is 2.00 bits per heavy atom. The van der Waals surface area contributed by atoms with E-state index in [1.54, 1.807) is 15.7 Å². The zero-order valence-corrected chi connectivity index (χ0v) is 12.4. The van der Waals surface area contributed by atoms with Crippen molar-refractivity contribution in [3.05, 3.63) is 47.8 Å². The molecule has 1 aliphatic heterocycles. The van der Waals surface area contributed by atoms with Crippen molar-refractivity contribution in [1.29, 1.82) is 0 Å². The van der Waals surface area contributed by atoms with Crippen molar-refractivity contribution in [3.8, 4) is 0 Å². The largest absolute Gasteiger partial charge is 0.346 e. The molecule has 3 rings (SSSR count). The van der Waals surface area contributed by atoms with Gasteiger partial charge in [0.05, 0.1) is 11.4 Å². The third kappa shape index (κ3) is 2.25. The number of carbonyl (C=O) groups excluding carboxylic acids is 2. The fraction of sp³-hybridized carbons (Fsp3) is 0.250. The topological polar surface area (TPSA) is 42.3 Å². The summed E-state index contributed by atoms with van der Waals surface area (Å²) >= 11 is 5.72. The van der Waals surface area contributed by atoms with Gasteiger partial charge in [0.25, 0.3) is 0 Å². The molecule has 108 valence electrons. The van der Waals surface area contributed by atoms with Gasteiger partial charge in [0.1, 0.15) is 5.69 Å². The van der Waals surface area contributed by atoms with E-state index in [0.29, 0.717) is 17.8 Å². The molecular weight excluding hydrogens is 288 g/mol. The lowest BCUT2D eigenvalue weighted by atomic mass is 10.1. The summed E-state index contributed by atoms with van der Waals surface area (Å²) in [6.07, 6.45) is 2.33. The number of hydrogen-bond acceptors (Lipinski definition) is 2. The van der Waals surface area contributed by atoms with Gasteiger partial charge in [-0.25, -0.2) is 0 Å². The number of nitrogens with zero attached hydrogens (tertiary/aromatic N) is 2. The number of benzene rings is 1. The van der Waals surface area contributed by atoms with Crippen LogP contribution in [0.5, 0.6) is 0 Å². The first-order valence-electron chi connectivity index (χ1n) is 6.79. The van der Waals surface area contributed by atoms with E-state index < -0.39 is 0 Å². The van der Waals surface area contributed by atoms with Gasteiger partial charge in [-0.3, -0.25) is 14.5 Å². The second-order valence-electron chi connectivity index (χ2n) is 5.06. The number of alkyl halides is 1. The zero-order valence-electron chi connectivity index (χ0n) is 11.7. The van der Waals surface area contributed by atoms with Crippen molar-refractivity contribution in [3.63, 3.8) is 0 Å². The summed E-state index contributed by atoms with van der Waals surface area (Å²) in [4.78, 5) is 26.6. The van der Waals surface area contributed by atoms with Crippen LogP contribution in [0.15, 0.2) is 36.5 Å². The molecule has 1 aromatic heterocycles. The van der Waals surface area contributed by atoms with Gasteiger partial charge < -0.3 is 4.57 Å². The summed E-state index contributed by atoms with van der Waals surface area (Å²) in [5, 5.41) is 0. The Bertz CT molecular complexity index is 721. The Morgan fingerprint density at radius 1 is 1.24 bits per heavy atom. The maximum atomic E-state index is 12.5. The van der Waals surface area contributed by atoms with Crippen LogP contribution in [0.4, 0.5) is 11.4 Å². The van der Waals surface area contributed by atoms with Gasteiger partial charge in [-0.2, -0.15) is 0 Å². The highest BCUT2D eigenvalue weighted by Gasteiger charge is 2.30. The van der Waals surface area contributed by atoms with E-state index in [9.17, 15) is 9.59 Å². The van der Waals surface area contributed by atoms with Gasteiger partial charge in [0.15, 0.2) is 5.78 Å². The molecule has 1 aliphatic rings. The summed E-state index contributed by atoms with van der Waals surface area (Å²) in [6, 6.07) is 9.32. The fourth-order valence-corrected chi connectivity index (χ4v) is 2.92. The maximum Gasteiger partial charge on any atom is 0.232 e. The van der Waals surface area contributed by atoms with Crippen molar-refractivity contribution in [2.45, 2.75) is 12.8 Å². The number of halogens is 1. The van der Waals surface area contributed by atoms with Gasteiger partial charge >= 0.3 is 0 Å². The number of anilines is 2. The molecule has 0 fully saturated rings. The highest BCUT2D eigenvalue weighted by Crippen LogP contribution is 2.36. The van der Waals surface area contributed by atoms with E-state index in [1.165, 1.54) is 0 Å². The smallest absolute Gasteiger partial charge is 0.232 e. The number of Topliss-reactive ketones (excluding diaryl/α,β-unsaturated/α-hetero) is 1. The lowest BCUT2D eigenvalue weighted by Crippen LogP contribution is -2.26. The Labute approximate surface area is 127 Å². The third-order valence-electron chi connectivity index (χ3n) is 3.70. The van der Waals surface area contributed by atoms with Gasteiger partial charge in [0, 0.05) is 32.0 Å². The molecule has 2 aromatic rings. The second-order valence-corrected chi connectivity index (χ2v) is 5.44. The minimum atomic E-state index is -0.0976. The minimum absolute atomic E-state index is 0.0196. The highest BCUT2D eigenvalue weighted by molar-refractivity contribution is 6.20. The molecule has 0 spiro atoms. The Morgan fingerprint density at radius 3 is 2.76 bits per heavy atom. The number of fused-ring (bicyclic) bond motifs is 2. The van der Waals surface area contributed by atoms with Crippen LogP contribution in [0.3, 0.4) is 0 Å². The average Bonchev–Trinajstić information content (AvgIpc) is 2.77. The lowest BCUT2D eigenvalue weighted by molar-refractivity contribution is -0.117. The van der Waals surface area contributed by atoms with E-state index in [1.807, 2.05) is 37.4 Å². The first-order valence-corrected chi connectivity index (χ1v) is 7.32. The molecule has 5 heteroatoms. The SMILES string of the molecule is Cn1ccc2c1C(=O)Cc1ccccc1N2C(=O)CCCl. The number of aromatic nitrogens is 1. The Kier molecular flexibility index (Phi) is 3.55. The normalized spacial score (nSPS) is 13.6. The zero-order chi connectivity index (χ0) is 15.0. The summed E-state index contributed by atoms with van der Waals surface area (Å²) in [5.74, 6) is 0.180. The van der Waals surface area contributed by atoms with Crippen LogP contribution in [0, 0.1) is 0 Å². The van der Waals surface area contributed by atoms with Crippen LogP contribution < -0.4 is 4.90 Å². The fourth-order valence-electron chi connectivity index (χ4n) is 2.76. The maximum absolute atomic E-state index is 12.5. The summed E-state index contributed by atoms with van der Waals surface area (Å²) in [6.45, 7) is 0. The second kappa shape index (κ2) is 5.37. The van der Waals surface area contributed by atoms with Crippen LogP contribution in [0.1, 0.15) is 22.5 Å². The number of rotatable bonds is 2. The van der Waals surface area contributed by atoms with E-state index >= 15 is 0 Å². The van der Waals surface area contributed by atoms with Crippen molar-refractivity contribution < 1.29 is 9.59 Å². The molecule has 2 heterocycles. The number of amides is 1. The highest BCUT2D eigenvalue weighted by atomic mass is 35.5. The van der Waals surface area contributed by atoms with E-state index in [2.05, 4.69) is 0 Å². The molecule has 0 unspecified atom stereocenters. The first kappa shape index (κ1) is 13.9. The first-order chi connectivity index (χ1) is 10.1. The predicted molar refractivity (Wildman–Crippen MR) is 82.4 cm³/mol. The van der Waals surface area contributed by atoms with Crippen molar-refractivity contribution in [1.82, 2.24) is 4.57 Å². The summed E-state index contributed by atoms with van der Waals surface area (Å²) in [7, 11) is 1.82. The summed E-state index contributed by atoms with van der Waals surface area (Å²) in [5.41, 5.74) is 2.84. The summed E-state index contributed by atoms with van der Waals surface area (Å²) < 4.78 is 1.77. The average molecular weight is 303 g/mol. The number of ketones is 1. The molecule has 0 N–H and O–H groups in total. The van der Waals surface area contributed by atoms with Crippen molar-refractivity contribution >= 4 is 34.7 Å². The van der Waals surface area contributed by atoms with E-state index in [4.69, 9.17) is 11.6 Å². The minimum Gasteiger partial charge on any atom is -0.346 e. The van der Waals surface area contributed by atoms with Crippen LogP contribution in [-0.4, -0.2) is 22.1 Å². The van der Waals surface area contributed by atoms with Crippen LogP contribution in [0.25, 0.3) is 0 Å². The molecule has 0 bridgehead atoms. The van der Waals surface area contributed by atoms with E-state index in [0.717, 1.165) is 11.3 Å². The predicted octanol–water partition coefficient (Wildman–Crippen LogP) is 3.06. The number of aryl methyl sites for hydroxylation is 1. The van der Waals surface area contributed by atoms with Crippen molar-refractivity contribution in [2.75, 3.05) is 10.8 Å². The number of hydrogen-bond donors (Lipinski definition) is 0. The van der Waals surface area contributed by atoms with Gasteiger partial charge in [-0.1, -0.05) is 18.2 Å². The molecule has 0 saturated carbocycles. The molecule has 1 aromatic carbocycles. The molecule has 1 amide bonds. The lowest BCUT2D eigenvalue weighted by Gasteiger charge is -2.22. The standard InChI is InChI=1S/C16H15ClN2O2/c1-18-9-7-13-16(18)14(20)10-11-4-2-3-5-12(11)19(13)15(21)6-8-17/h2-5,7,9H,6,8,10H2,1H3. The monoisotopic (exact) mass is 302 g/mol. The molecule has 0 radical (unpaired) electrons. The van der Waals surface area contributed by atoms with E-state index in [-0.39, 0.29) is 24.0 Å². The number of para-hydroxylation sites is 1. The Balaban J connectivity index is 2.23. The Hall–Kier alpha value is -2.07. The van der Waals surface area contributed by atoms with Crippen LogP contribution >= 0.6 is 11.6 Å². The molecule has 0 aliphatic carbocycles. The molecule has 4 nitrogen and oxygen atoms in total. The van der Waals surface area contributed by atoms with Crippen LogP contribution in [0.2, 0.25) is 0 Å². The van der Waals surface area contributed by atoms with Gasteiger partial charge in [-0.05, 0) is 17.7 Å². The molecular formula is C16H15ClN2O2. The molecule has 21 heavy (non-hydrogen) atoms. The third-order valence-corrected chi connectivity index (χ3v) is 3.89. The number of carbonyl (C=O) groups is 2. The van der Waals surface area contributed by atoms with Crippen LogP contribution in [-0.2, 0) is 18.3 Å². The molecule has 0 saturated heterocycles. The van der Waals surface area contributed by atoms with Gasteiger partial charge in [-0.15, -0.1) is 11.6 Å². The quantitative estimate of drug-likeness (QED) is 0.800. The van der Waals surface area contributed by atoms with Crippen molar-refractivity contribution in [2.24, 2.45) is 7.05 Å². The van der Waals surface area contributed by atoms with Gasteiger partial charge in [0.2, 0.25) is 5.91 Å².